The van der Waals surface area contributed by atoms with E-state index in [2.05, 4.69) is 40.3 Å². The van der Waals surface area contributed by atoms with Crippen molar-refractivity contribution in [2.45, 2.75) is 26.4 Å². The number of pyridine rings is 1. The van der Waals surface area contributed by atoms with Gasteiger partial charge in [0.05, 0.1) is 18.2 Å². The van der Waals surface area contributed by atoms with Gasteiger partial charge in [0.25, 0.3) is 0 Å². The first-order chi connectivity index (χ1) is 9.09. The molecule has 2 aromatic rings. The van der Waals surface area contributed by atoms with E-state index in [-0.39, 0.29) is 0 Å². The van der Waals surface area contributed by atoms with Crippen LogP contribution in [0.4, 0.5) is 5.69 Å². The Kier molecular flexibility index (Phi) is 4.16. The zero-order valence-corrected chi connectivity index (χ0v) is 11.7. The van der Waals surface area contributed by atoms with Gasteiger partial charge in [-0.25, -0.2) is 4.98 Å². The number of rotatable bonds is 5. The highest BCUT2D eigenvalue weighted by atomic mass is 15.2. The van der Waals surface area contributed by atoms with Gasteiger partial charge in [-0.3, -0.25) is 4.98 Å². The molecule has 2 heterocycles. The van der Waals surface area contributed by atoms with Gasteiger partial charge in [-0.15, -0.1) is 0 Å². The van der Waals surface area contributed by atoms with Crippen LogP contribution >= 0.6 is 0 Å². The van der Waals surface area contributed by atoms with Crippen molar-refractivity contribution in [1.29, 1.82) is 0 Å². The first kappa shape index (κ1) is 13.5. The largest absolute Gasteiger partial charge is 0.398 e. The summed E-state index contributed by atoms with van der Waals surface area (Å²) in [6.07, 6.45) is 7.17. The fourth-order valence-electron chi connectivity index (χ4n) is 1.87. The Balaban J connectivity index is 2.17. The van der Waals surface area contributed by atoms with Gasteiger partial charge in [0.15, 0.2) is 0 Å². The molecular weight excluding hydrogens is 238 g/mol. The number of nitrogen functional groups attached to an aromatic ring is 1. The minimum atomic E-state index is 0.537. The number of hydrogen-bond donors (Lipinski definition) is 1. The van der Waals surface area contributed by atoms with E-state index in [1.54, 1.807) is 12.4 Å². The summed E-state index contributed by atoms with van der Waals surface area (Å²) in [6, 6.07) is 2.35. The standard InChI is InChI=1S/C14H21N5/c1-11(2)18(3)6-7-19-10-17-9-14(19)12-8-16-5-4-13(12)15/h4-5,8-11H,6-7H2,1-3H3,(H2,15,16). The number of imidazole rings is 1. The molecule has 2 N–H and O–H groups in total. The highest BCUT2D eigenvalue weighted by Gasteiger charge is 2.10. The van der Waals surface area contributed by atoms with Crippen LogP contribution in [0.15, 0.2) is 31.0 Å². The summed E-state index contributed by atoms with van der Waals surface area (Å²) < 4.78 is 2.12. The van der Waals surface area contributed by atoms with Crippen LogP contribution in [0.5, 0.6) is 0 Å². The smallest absolute Gasteiger partial charge is 0.0951 e. The molecule has 5 heteroatoms. The van der Waals surface area contributed by atoms with Crippen molar-refractivity contribution in [3.8, 4) is 11.3 Å². The highest BCUT2D eigenvalue weighted by Crippen LogP contribution is 2.23. The van der Waals surface area contributed by atoms with E-state index in [1.165, 1.54) is 0 Å². The van der Waals surface area contributed by atoms with Crippen molar-refractivity contribution in [3.63, 3.8) is 0 Å². The Morgan fingerprint density at radius 1 is 1.32 bits per heavy atom. The monoisotopic (exact) mass is 259 g/mol. The summed E-state index contributed by atoms with van der Waals surface area (Å²) >= 11 is 0. The number of nitrogens with two attached hydrogens (primary N) is 1. The maximum absolute atomic E-state index is 5.99. The maximum Gasteiger partial charge on any atom is 0.0951 e. The van der Waals surface area contributed by atoms with Crippen molar-refractivity contribution >= 4 is 5.69 Å². The fraction of sp³-hybridized carbons (Fsp3) is 0.429. The average molecular weight is 259 g/mol. The summed E-state index contributed by atoms with van der Waals surface area (Å²) in [5, 5.41) is 0. The lowest BCUT2D eigenvalue weighted by atomic mass is 10.2. The van der Waals surface area contributed by atoms with Gasteiger partial charge in [-0.1, -0.05) is 0 Å². The summed E-state index contributed by atoms with van der Waals surface area (Å²) in [7, 11) is 2.12. The minimum Gasteiger partial charge on any atom is -0.398 e. The zero-order chi connectivity index (χ0) is 13.8. The predicted octanol–water partition coefficient (Wildman–Crippen LogP) is 1.87. The third-order valence-corrected chi connectivity index (χ3v) is 3.42. The number of anilines is 1. The van der Waals surface area contributed by atoms with Crippen molar-refractivity contribution in [1.82, 2.24) is 19.4 Å². The highest BCUT2D eigenvalue weighted by molar-refractivity contribution is 5.72. The molecule has 0 aliphatic carbocycles. The predicted molar refractivity (Wildman–Crippen MR) is 77.6 cm³/mol. The van der Waals surface area contributed by atoms with Crippen LogP contribution in [0.2, 0.25) is 0 Å². The van der Waals surface area contributed by atoms with E-state index < -0.39 is 0 Å². The van der Waals surface area contributed by atoms with E-state index in [0.29, 0.717) is 6.04 Å². The molecule has 0 aliphatic rings. The molecule has 2 aromatic heterocycles. The molecule has 0 amide bonds. The third kappa shape index (κ3) is 3.12. The number of likely N-dealkylation sites (N-methyl/N-ethyl adjacent to an activating group) is 1. The second-order valence-corrected chi connectivity index (χ2v) is 5.01. The number of nitrogens with zero attached hydrogens (tertiary/aromatic N) is 4. The molecule has 0 fully saturated rings. The Labute approximate surface area is 114 Å². The van der Waals surface area contributed by atoms with E-state index in [1.807, 2.05) is 18.6 Å². The van der Waals surface area contributed by atoms with E-state index in [9.17, 15) is 0 Å². The molecule has 2 rings (SSSR count). The summed E-state index contributed by atoms with van der Waals surface area (Å²) in [6.45, 7) is 6.24. The fourth-order valence-corrected chi connectivity index (χ4v) is 1.87. The molecule has 102 valence electrons. The van der Waals surface area contributed by atoms with Gasteiger partial charge in [0, 0.05) is 42.8 Å². The summed E-state index contributed by atoms with van der Waals surface area (Å²) in [5.74, 6) is 0. The topological polar surface area (TPSA) is 60.0 Å². The lowest BCUT2D eigenvalue weighted by molar-refractivity contribution is 0.263. The van der Waals surface area contributed by atoms with E-state index >= 15 is 0 Å². The van der Waals surface area contributed by atoms with Crippen LogP contribution in [0.3, 0.4) is 0 Å². The van der Waals surface area contributed by atoms with Crippen molar-refractivity contribution in [2.75, 3.05) is 19.3 Å². The number of aromatic nitrogens is 3. The van der Waals surface area contributed by atoms with Crippen molar-refractivity contribution in [2.24, 2.45) is 0 Å². The molecule has 5 nitrogen and oxygen atoms in total. The quantitative estimate of drug-likeness (QED) is 0.890. The van der Waals surface area contributed by atoms with Gasteiger partial charge < -0.3 is 15.2 Å². The van der Waals surface area contributed by atoms with Gasteiger partial charge in [0.1, 0.15) is 0 Å². The van der Waals surface area contributed by atoms with Gasteiger partial charge in [0.2, 0.25) is 0 Å². The lowest BCUT2D eigenvalue weighted by Gasteiger charge is -2.21. The molecule has 19 heavy (non-hydrogen) atoms. The maximum atomic E-state index is 5.99. The molecule has 0 atom stereocenters. The Bertz CT molecular complexity index is 532. The Morgan fingerprint density at radius 2 is 2.11 bits per heavy atom. The Hall–Kier alpha value is -1.88. The van der Waals surface area contributed by atoms with E-state index in [0.717, 1.165) is 30.0 Å². The Morgan fingerprint density at radius 3 is 2.79 bits per heavy atom. The molecule has 0 bridgehead atoms. The zero-order valence-electron chi connectivity index (χ0n) is 11.7. The van der Waals surface area contributed by atoms with Gasteiger partial charge in [-0.2, -0.15) is 0 Å². The van der Waals surface area contributed by atoms with Crippen LogP contribution in [-0.2, 0) is 6.54 Å². The van der Waals surface area contributed by atoms with Crippen LogP contribution in [0.25, 0.3) is 11.3 Å². The molecule has 0 saturated carbocycles. The normalized spacial score (nSPS) is 11.4. The second-order valence-electron chi connectivity index (χ2n) is 5.01. The number of hydrogen-bond acceptors (Lipinski definition) is 4. The SMILES string of the molecule is CC(C)N(C)CCn1cncc1-c1cnccc1N. The molecule has 0 aliphatic heterocycles. The van der Waals surface area contributed by atoms with Crippen LogP contribution in [0.1, 0.15) is 13.8 Å². The molecular formula is C14H21N5. The minimum absolute atomic E-state index is 0.537. The first-order valence-electron chi connectivity index (χ1n) is 6.50. The summed E-state index contributed by atoms with van der Waals surface area (Å²) in [4.78, 5) is 10.7. The third-order valence-electron chi connectivity index (χ3n) is 3.42. The van der Waals surface area contributed by atoms with Gasteiger partial charge >= 0.3 is 0 Å². The van der Waals surface area contributed by atoms with Crippen LogP contribution in [-0.4, -0.2) is 39.1 Å². The van der Waals surface area contributed by atoms with Crippen LogP contribution in [0, 0.1) is 0 Å². The molecule has 0 spiro atoms. The average Bonchev–Trinajstić information content (AvgIpc) is 2.84. The van der Waals surface area contributed by atoms with Crippen LogP contribution < -0.4 is 5.73 Å². The van der Waals surface area contributed by atoms with E-state index in [4.69, 9.17) is 5.73 Å². The molecule has 0 saturated heterocycles. The second kappa shape index (κ2) is 5.84. The molecule has 0 unspecified atom stereocenters. The molecule has 0 aromatic carbocycles. The van der Waals surface area contributed by atoms with Crippen molar-refractivity contribution < 1.29 is 0 Å². The molecule has 0 radical (unpaired) electrons. The summed E-state index contributed by atoms with van der Waals surface area (Å²) in [5.41, 5.74) is 8.68. The van der Waals surface area contributed by atoms with Gasteiger partial charge in [-0.05, 0) is 27.0 Å². The van der Waals surface area contributed by atoms with Crippen molar-refractivity contribution in [3.05, 3.63) is 31.0 Å². The lowest BCUT2D eigenvalue weighted by Crippen LogP contribution is -2.29. The first-order valence-corrected chi connectivity index (χ1v) is 6.50.